The van der Waals surface area contributed by atoms with Crippen LogP contribution in [0.3, 0.4) is 0 Å². The molecule has 0 bridgehead atoms. The van der Waals surface area contributed by atoms with E-state index in [2.05, 4.69) is 0 Å². The zero-order valence-corrected chi connectivity index (χ0v) is 19.7. The summed E-state index contributed by atoms with van der Waals surface area (Å²) in [5.74, 6) is -0.564. The van der Waals surface area contributed by atoms with E-state index >= 15 is 0 Å². The lowest BCUT2D eigenvalue weighted by Crippen LogP contribution is -2.55. The van der Waals surface area contributed by atoms with Crippen molar-refractivity contribution in [3.8, 4) is 0 Å². The predicted octanol–water partition coefficient (Wildman–Crippen LogP) is 1.22. The number of fused-ring (bicyclic) bond motifs is 1. The number of sulfonamides is 2. The van der Waals surface area contributed by atoms with Crippen LogP contribution in [0.25, 0.3) is 0 Å². The fourth-order valence-electron chi connectivity index (χ4n) is 4.14. The fourth-order valence-corrected chi connectivity index (χ4v) is 6.55. The Hall–Kier alpha value is -2.31. The maximum Gasteiger partial charge on any atom is 0.270 e. The lowest BCUT2D eigenvalue weighted by Gasteiger charge is -2.39. The number of ether oxygens (including phenoxy) is 1. The van der Waals surface area contributed by atoms with E-state index in [0.29, 0.717) is 37.6 Å². The van der Waals surface area contributed by atoms with Gasteiger partial charge in [-0.05, 0) is 37.3 Å². The second-order valence-electron chi connectivity index (χ2n) is 8.02. The number of carbonyl (C=O) groups excluding carboxylic acids is 1. The summed E-state index contributed by atoms with van der Waals surface area (Å²) >= 11 is 0. The SMILES string of the molecule is CN(C)S(=O)(=O)c1ccc(S(=O)(=O)N2C(=O)C(C)(N3CCOCC3)c3ccccc32)cc1. The first-order valence-corrected chi connectivity index (χ1v) is 12.9. The standard InChI is InChI=1S/C21H25N3O6S2/c1-21(23-12-14-30-15-13-23)18-6-4-5-7-19(18)24(20(21)25)32(28,29)17-10-8-16(9-11-17)31(26,27)22(2)3/h4-11H,12-15H2,1-3H3. The molecule has 32 heavy (non-hydrogen) atoms. The number of hydrogen-bond donors (Lipinski definition) is 0. The first-order chi connectivity index (χ1) is 15.0. The van der Waals surface area contributed by atoms with Crippen LogP contribution in [0, 0.1) is 0 Å². The van der Waals surface area contributed by atoms with Gasteiger partial charge in [0, 0.05) is 32.7 Å². The highest BCUT2D eigenvalue weighted by Gasteiger charge is 2.55. The Bertz CT molecular complexity index is 1250. The van der Waals surface area contributed by atoms with Crippen LogP contribution >= 0.6 is 0 Å². The van der Waals surface area contributed by atoms with Crippen LogP contribution in [0.4, 0.5) is 5.69 Å². The number of anilines is 1. The van der Waals surface area contributed by atoms with E-state index in [-0.39, 0.29) is 9.79 Å². The van der Waals surface area contributed by atoms with Crippen molar-refractivity contribution in [1.82, 2.24) is 9.21 Å². The van der Waals surface area contributed by atoms with Crippen molar-refractivity contribution in [1.29, 1.82) is 0 Å². The number of rotatable bonds is 5. The monoisotopic (exact) mass is 479 g/mol. The van der Waals surface area contributed by atoms with Crippen LogP contribution in [0.15, 0.2) is 58.3 Å². The first-order valence-electron chi connectivity index (χ1n) is 10.1. The summed E-state index contributed by atoms with van der Waals surface area (Å²) in [4.78, 5) is 15.4. The molecule has 0 aromatic heterocycles. The van der Waals surface area contributed by atoms with E-state index < -0.39 is 31.5 Å². The highest BCUT2D eigenvalue weighted by atomic mass is 32.2. The quantitative estimate of drug-likeness (QED) is 0.635. The molecule has 0 radical (unpaired) electrons. The maximum atomic E-state index is 13.7. The number of hydrogen-bond acceptors (Lipinski definition) is 7. The van der Waals surface area contributed by atoms with Gasteiger partial charge in [0.2, 0.25) is 10.0 Å². The van der Waals surface area contributed by atoms with Gasteiger partial charge in [0.05, 0.1) is 28.7 Å². The Morgan fingerprint density at radius 1 is 0.906 bits per heavy atom. The summed E-state index contributed by atoms with van der Waals surface area (Å²) in [6.07, 6.45) is 0. The summed E-state index contributed by atoms with van der Waals surface area (Å²) in [6, 6.07) is 11.7. The molecule has 2 heterocycles. The van der Waals surface area contributed by atoms with Gasteiger partial charge in [-0.2, -0.15) is 0 Å². The normalized spacial score (nSPS) is 22.4. The van der Waals surface area contributed by atoms with Gasteiger partial charge < -0.3 is 4.74 Å². The number of benzene rings is 2. The minimum Gasteiger partial charge on any atom is -0.379 e. The Balaban J connectivity index is 1.78. The van der Waals surface area contributed by atoms with E-state index in [1.807, 2.05) is 4.90 Å². The van der Waals surface area contributed by atoms with Gasteiger partial charge in [-0.3, -0.25) is 9.69 Å². The molecule has 2 aliphatic rings. The van der Waals surface area contributed by atoms with Crippen LogP contribution in [0.2, 0.25) is 0 Å². The average molecular weight is 480 g/mol. The van der Waals surface area contributed by atoms with Crippen LogP contribution in [-0.2, 0) is 35.1 Å². The van der Waals surface area contributed by atoms with Crippen molar-refractivity contribution < 1.29 is 26.4 Å². The molecule has 172 valence electrons. The number of carbonyl (C=O) groups is 1. The van der Waals surface area contributed by atoms with Crippen LogP contribution < -0.4 is 4.31 Å². The third kappa shape index (κ3) is 3.35. The topological polar surface area (TPSA) is 104 Å². The molecule has 1 saturated heterocycles. The molecule has 0 aliphatic carbocycles. The van der Waals surface area contributed by atoms with Crippen molar-refractivity contribution in [2.45, 2.75) is 22.3 Å². The third-order valence-corrected chi connectivity index (χ3v) is 9.57. The molecule has 2 aromatic rings. The molecule has 11 heteroatoms. The van der Waals surface area contributed by atoms with Crippen LogP contribution in [0.1, 0.15) is 12.5 Å². The molecule has 1 fully saturated rings. The fraction of sp³-hybridized carbons (Fsp3) is 0.381. The molecule has 9 nitrogen and oxygen atoms in total. The van der Waals surface area contributed by atoms with Gasteiger partial charge in [0.25, 0.3) is 15.9 Å². The zero-order valence-electron chi connectivity index (χ0n) is 18.1. The summed E-state index contributed by atoms with van der Waals surface area (Å²) in [5.41, 5.74) is -0.236. The first kappa shape index (κ1) is 22.9. The molecule has 0 spiro atoms. The lowest BCUT2D eigenvalue weighted by molar-refractivity contribution is -0.131. The van der Waals surface area contributed by atoms with Crippen molar-refractivity contribution >= 4 is 31.6 Å². The van der Waals surface area contributed by atoms with E-state index in [0.717, 1.165) is 8.61 Å². The lowest BCUT2D eigenvalue weighted by atomic mass is 9.91. The molecule has 4 rings (SSSR count). The largest absolute Gasteiger partial charge is 0.379 e. The predicted molar refractivity (Wildman–Crippen MR) is 118 cm³/mol. The number of nitrogens with zero attached hydrogens (tertiary/aromatic N) is 3. The third-order valence-electron chi connectivity index (χ3n) is 6.03. The summed E-state index contributed by atoms with van der Waals surface area (Å²) in [5, 5.41) is 0. The highest BCUT2D eigenvalue weighted by molar-refractivity contribution is 7.93. The molecule has 1 atom stereocenters. The number of morpholine rings is 1. The van der Waals surface area contributed by atoms with Crippen molar-refractivity contribution in [3.63, 3.8) is 0 Å². The minimum absolute atomic E-state index is 0.0345. The van der Waals surface area contributed by atoms with Gasteiger partial charge in [0.15, 0.2) is 0 Å². The van der Waals surface area contributed by atoms with Crippen molar-refractivity contribution in [2.75, 3.05) is 44.7 Å². The maximum absolute atomic E-state index is 13.7. The summed E-state index contributed by atoms with van der Waals surface area (Å²) in [7, 11) is -5.20. The van der Waals surface area contributed by atoms with E-state index in [1.165, 1.54) is 38.4 Å². The van der Waals surface area contributed by atoms with Gasteiger partial charge in [-0.25, -0.2) is 25.4 Å². The zero-order chi connectivity index (χ0) is 23.3. The molecular formula is C21H25N3O6S2. The number of amides is 1. The van der Waals surface area contributed by atoms with Gasteiger partial charge in [-0.15, -0.1) is 0 Å². The Morgan fingerprint density at radius 3 is 2.06 bits per heavy atom. The molecule has 0 N–H and O–H groups in total. The molecule has 0 saturated carbocycles. The molecule has 2 aromatic carbocycles. The smallest absolute Gasteiger partial charge is 0.270 e. The average Bonchev–Trinajstić information content (AvgIpc) is 3.03. The minimum atomic E-state index is -4.28. The molecule has 1 amide bonds. The molecular weight excluding hydrogens is 454 g/mol. The van der Waals surface area contributed by atoms with Crippen molar-refractivity contribution in [2.24, 2.45) is 0 Å². The second-order valence-corrected chi connectivity index (χ2v) is 12.0. The Labute approximate surface area is 188 Å². The molecule has 1 unspecified atom stereocenters. The molecule has 2 aliphatic heterocycles. The Morgan fingerprint density at radius 2 is 1.47 bits per heavy atom. The number of para-hydroxylation sites is 1. The van der Waals surface area contributed by atoms with Gasteiger partial charge in [0.1, 0.15) is 5.54 Å². The summed E-state index contributed by atoms with van der Waals surface area (Å²) in [6.45, 7) is 3.66. The van der Waals surface area contributed by atoms with Crippen molar-refractivity contribution in [3.05, 3.63) is 54.1 Å². The highest BCUT2D eigenvalue weighted by Crippen LogP contribution is 2.46. The van der Waals surface area contributed by atoms with Crippen LogP contribution in [0.5, 0.6) is 0 Å². The van der Waals surface area contributed by atoms with Gasteiger partial charge >= 0.3 is 0 Å². The van der Waals surface area contributed by atoms with Crippen LogP contribution in [-0.4, -0.2) is 72.3 Å². The summed E-state index contributed by atoms with van der Waals surface area (Å²) < 4.78 is 59.1. The second kappa shape index (κ2) is 7.92. The Kier molecular flexibility index (Phi) is 5.66. The van der Waals surface area contributed by atoms with E-state index in [9.17, 15) is 21.6 Å². The van der Waals surface area contributed by atoms with E-state index in [1.54, 1.807) is 31.2 Å². The van der Waals surface area contributed by atoms with Gasteiger partial charge in [-0.1, -0.05) is 18.2 Å². The van der Waals surface area contributed by atoms with E-state index in [4.69, 9.17) is 4.74 Å².